The number of hydrogen-bond donors (Lipinski definition) is 1. The highest BCUT2D eigenvalue weighted by Crippen LogP contribution is 2.26. The first-order valence-corrected chi connectivity index (χ1v) is 8.42. The highest BCUT2D eigenvalue weighted by Gasteiger charge is 2.27. The number of hydrogen-bond acceptors (Lipinski definition) is 5. The Labute approximate surface area is 141 Å². The van der Waals surface area contributed by atoms with Crippen molar-refractivity contribution in [1.82, 2.24) is 39.7 Å². The first-order chi connectivity index (χ1) is 11.7. The van der Waals surface area contributed by atoms with Crippen molar-refractivity contribution in [2.75, 3.05) is 19.6 Å². The molecule has 1 N–H and O–H groups in total. The normalized spacial score (nSPS) is 15.7. The predicted octanol–water partition coefficient (Wildman–Crippen LogP) is 0.754. The molecular weight excluding hydrogens is 308 g/mol. The van der Waals surface area contributed by atoms with E-state index in [0.717, 1.165) is 50.5 Å². The van der Waals surface area contributed by atoms with Crippen LogP contribution in [0.3, 0.4) is 0 Å². The Morgan fingerprint density at radius 2 is 2.12 bits per heavy atom. The molecule has 9 nitrogen and oxygen atoms in total. The molecule has 0 bridgehead atoms. The quantitative estimate of drug-likeness (QED) is 0.872. The van der Waals surface area contributed by atoms with E-state index in [9.17, 15) is 4.79 Å². The van der Waals surface area contributed by atoms with Gasteiger partial charge in [-0.2, -0.15) is 5.10 Å². The van der Waals surface area contributed by atoms with Crippen LogP contribution in [0.4, 0.5) is 4.79 Å². The first kappa shape index (κ1) is 16.4. The molecule has 3 rings (SSSR count). The van der Waals surface area contributed by atoms with Gasteiger partial charge < -0.3 is 14.8 Å². The molecule has 0 atom stereocenters. The van der Waals surface area contributed by atoms with Crippen LogP contribution in [0.15, 0.2) is 12.7 Å². The molecule has 1 fully saturated rings. The van der Waals surface area contributed by atoms with Crippen molar-refractivity contribution in [3.63, 3.8) is 0 Å². The second-order valence-electron chi connectivity index (χ2n) is 6.12. The lowest BCUT2D eigenvalue weighted by molar-refractivity contribution is 0.180. The summed E-state index contributed by atoms with van der Waals surface area (Å²) in [5.74, 6) is 2.18. The van der Waals surface area contributed by atoms with E-state index in [0.29, 0.717) is 12.5 Å². The van der Waals surface area contributed by atoms with E-state index in [-0.39, 0.29) is 6.03 Å². The molecule has 2 aromatic heterocycles. The highest BCUT2D eigenvalue weighted by molar-refractivity contribution is 5.74. The van der Waals surface area contributed by atoms with Crippen LogP contribution in [0.1, 0.15) is 43.8 Å². The van der Waals surface area contributed by atoms with Crippen LogP contribution in [-0.4, -0.2) is 60.1 Å². The fourth-order valence-corrected chi connectivity index (χ4v) is 3.01. The third-order valence-corrected chi connectivity index (χ3v) is 4.44. The average molecular weight is 332 g/mol. The molecule has 0 unspecified atom stereocenters. The Bertz CT molecular complexity index is 657. The van der Waals surface area contributed by atoms with Crippen LogP contribution in [0.5, 0.6) is 0 Å². The van der Waals surface area contributed by atoms with Crippen LogP contribution in [-0.2, 0) is 13.6 Å². The zero-order valence-electron chi connectivity index (χ0n) is 14.2. The van der Waals surface area contributed by atoms with Gasteiger partial charge in [-0.05, 0) is 19.3 Å². The Morgan fingerprint density at radius 1 is 1.33 bits per heavy atom. The summed E-state index contributed by atoms with van der Waals surface area (Å²) < 4.78 is 3.77. The molecule has 0 saturated carbocycles. The topological polar surface area (TPSA) is 93.8 Å². The second-order valence-corrected chi connectivity index (χ2v) is 6.12. The minimum atomic E-state index is 0.0418. The van der Waals surface area contributed by atoms with Gasteiger partial charge in [0, 0.05) is 32.6 Å². The summed E-state index contributed by atoms with van der Waals surface area (Å²) >= 11 is 0. The zero-order valence-corrected chi connectivity index (χ0v) is 14.2. The summed E-state index contributed by atoms with van der Waals surface area (Å²) in [5, 5.41) is 15.7. The van der Waals surface area contributed by atoms with Gasteiger partial charge in [0.25, 0.3) is 0 Å². The third-order valence-electron chi connectivity index (χ3n) is 4.44. The zero-order chi connectivity index (χ0) is 16.9. The van der Waals surface area contributed by atoms with Crippen LogP contribution in [0.25, 0.3) is 0 Å². The summed E-state index contributed by atoms with van der Waals surface area (Å²) in [6, 6.07) is 0.0418. The number of nitrogens with zero attached hydrogens (tertiary/aromatic N) is 7. The Balaban J connectivity index is 1.58. The van der Waals surface area contributed by atoms with E-state index in [2.05, 4.69) is 32.5 Å². The van der Waals surface area contributed by atoms with Crippen molar-refractivity contribution < 1.29 is 4.79 Å². The number of piperidine rings is 1. The van der Waals surface area contributed by atoms with Crippen molar-refractivity contribution in [3.8, 4) is 0 Å². The molecule has 9 heteroatoms. The standard InChI is InChI=1S/C15H24N8O/c1-3-6-17-15(24)22-7-4-12(5-8-22)14-20-19-13(21(14)2)9-23-11-16-10-18-23/h10-12H,3-9H2,1-2H3,(H,17,24). The molecule has 0 spiro atoms. The van der Waals surface area contributed by atoms with E-state index in [4.69, 9.17) is 0 Å². The lowest BCUT2D eigenvalue weighted by atomic mass is 9.96. The van der Waals surface area contributed by atoms with Crippen molar-refractivity contribution in [1.29, 1.82) is 0 Å². The van der Waals surface area contributed by atoms with Crippen molar-refractivity contribution in [2.24, 2.45) is 7.05 Å². The van der Waals surface area contributed by atoms with Gasteiger partial charge in [0.15, 0.2) is 5.82 Å². The van der Waals surface area contributed by atoms with Crippen molar-refractivity contribution >= 4 is 6.03 Å². The van der Waals surface area contributed by atoms with Gasteiger partial charge in [0.05, 0.1) is 0 Å². The van der Waals surface area contributed by atoms with Crippen LogP contribution in [0.2, 0.25) is 0 Å². The summed E-state index contributed by atoms with van der Waals surface area (Å²) in [6.45, 7) is 4.85. The van der Waals surface area contributed by atoms with E-state index in [1.165, 1.54) is 6.33 Å². The maximum Gasteiger partial charge on any atom is 0.317 e. The summed E-state index contributed by atoms with van der Waals surface area (Å²) in [4.78, 5) is 17.8. The smallest absolute Gasteiger partial charge is 0.317 e. The third kappa shape index (κ3) is 3.55. The lowest BCUT2D eigenvalue weighted by Gasteiger charge is -2.31. The number of urea groups is 1. The molecule has 1 aliphatic heterocycles. The predicted molar refractivity (Wildman–Crippen MR) is 87.4 cm³/mol. The van der Waals surface area contributed by atoms with Gasteiger partial charge in [0.2, 0.25) is 0 Å². The van der Waals surface area contributed by atoms with E-state index in [1.807, 2.05) is 16.5 Å². The van der Waals surface area contributed by atoms with Gasteiger partial charge in [-0.1, -0.05) is 6.92 Å². The maximum atomic E-state index is 12.0. The lowest BCUT2D eigenvalue weighted by Crippen LogP contribution is -2.44. The minimum Gasteiger partial charge on any atom is -0.338 e. The molecular formula is C15H24N8O. The van der Waals surface area contributed by atoms with E-state index < -0.39 is 0 Å². The fourth-order valence-electron chi connectivity index (χ4n) is 3.01. The minimum absolute atomic E-state index is 0.0418. The summed E-state index contributed by atoms with van der Waals surface area (Å²) in [7, 11) is 1.99. The van der Waals surface area contributed by atoms with Crippen LogP contribution in [0, 0.1) is 0 Å². The van der Waals surface area contributed by atoms with Crippen LogP contribution < -0.4 is 5.32 Å². The SMILES string of the molecule is CCCNC(=O)N1CCC(c2nnc(Cn3cncn3)n2C)CC1. The van der Waals surface area contributed by atoms with Gasteiger partial charge in [-0.3, -0.25) is 0 Å². The molecule has 0 aliphatic carbocycles. The number of likely N-dealkylation sites (tertiary alicyclic amines) is 1. The molecule has 0 aromatic carbocycles. The Hall–Kier alpha value is -2.45. The molecule has 3 heterocycles. The highest BCUT2D eigenvalue weighted by atomic mass is 16.2. The number of nitrogens with one attached hydrogen (secondary N) is 1. The number of carbonyl (C=O) groups excluding carboxylic acids is 1. The number of aromatic nitrogens is 6. The molecule has 130 valence electrons. The summed E-state index contributed by atoms with van der Waals surface area (Å²) in [5.41, 5.74) is 0. The molecule has 1 aliphatic rings. The van der Waals surface area contributed by atoms with Crippen molar-refractivity contribution in [2.45, 2.75) is 38.6 Å². The number of amides is 2. The molecule has 1 saturated heterocycles. The summed E-state index contributed by atoms with van der Waals surface area (Å²) in [6.07, 6.45) is 5.96. The molecule has 2 aromatic rings. The number of rotatable bonds is 5. The maximum absolute atomic E-state index is 12.0. The van der Waals surface area contributed by atoms with E-state index in [1.54, 1.807) is 11.0 Å². The molecule has 2 amide bonds. The Kier molecular flexibility index (Phi) is 5.07. The first-order valence-electron chi connectivity index (χ1n) is 8.42. The van der Waals surface area contributed by atoms with Gasteiger partial charge in [-0.15, -0.1) is 10.2 Å². The fraction of sp³-hybridized carbons (Fsp3) is 0.667. The largest absolute Gasteiger partial charge is 0.338 e. The Morgan fingerprint density at radius 3 is 2.79 bits per heavy atom. The molecule has 24 heavy (non-hydrogen) atoms. The average Bonchev–Trinajstić information content (AvgIpc) is 3.24. The second kappa shape index (κ2) is 7.41. The van der Waals surface area contributed by atoms with Crippen LogP contribution >= 0.6 is 0 Å². The van der Waals surface area contributed by atoms with E-state index >= 15 is 0 Å². The van der Waals surface area contributed by atoms with Gasteiger partial charge >= 0.3 is 6.03 Å². The molecule has 0 radical (unpaired) electrons. The van der Waals surface area contributed by atoms with Gasteiger partial charge in [0.1, 0.15) is 25.0 Å². The van der Waals surface area contributed by atoms with Crippen molar-refractivity contribution in [3.05, 3.63) is 24.3 Å². The van der Waals surface area contributed by atoms with Gasteiger partial charge in [-0.25, -0.2) is 14.5 Å². The number of carbonyl (C=O) groups is 1. The monoisotopic (exact) mass is 332 g/mol.